The van der Waals surface area contributed by atoms with Crippen LogP contribution in [0.15, 0.2) is 30.3 Å². The molecule has 0 N–H and O–H groups in total. The minimum Gasteiger partial charge on any atom is -0.206 e. The lowest BCUT2D eigenvalue weighted by Crippen LogP contribution is -1.95. The topological polar surface area (TPSA) is 0 Å². The van der Waals surface area contributed by atoms with Crippen LogP contribution < -0.4 is 0 Å². The van der Waals surface area contributed by atoms with Gasteiger partial charge < -0.3 is 0 Å². The number of aryl methyl sites for hydroxylation is 2. The van der Waals surface area contributed by atoms with Crippen molar-refractivity contribution in [1.29, 1.82) is 0 Å². The highest BCUT2D eigenvalue weighted by Gasteiger charge is 2.12. The Balaban J connectivity index is 2.58. The van der Waals surface area contributed by atoms with E-state index in [0.29, 0.717) is 5.56 Å². The minimum atomic E-state index is -0.568. The summed E-state index contributed by atoms with van der Waals surface area (Å²) in [6.45, 7) is 4.12. The Morgan fingerprint density at radius 3 is 2.11 bits per heavy atom. The van der Waals surface area contributed by atoms with Gasteiger partial charge in [-0.1, -0.05) is 32.0 Å². The second-order valence-electron chi connectivity index (χ2n) is 4.22. The number of halogens is 2. The Kier molecular flexibility index (Phi) is 3.75. The van der Waals surface area contributed by atoms with Crippen molar-refractivity contribution >= 4 is 0 Å². The molecule has 0 saturated heterocycles. The van der Waals surface area contributed by atoms with Crippen molar-refractivity contribution in [3.63, 3.8) is 0 Å². The van der Waals surface area contributed by atoms with E-state index in [9.17, 15) is 8.78 Å². The largest absolute Gasteiger partial charge is 0.206 e. The Hall–Kier alpha value is -1.70. The van der Waals surface area contributed by atoms with Crippen molar-refractivity contribution in [2.24, 2.45) is 0 Å². The normalized spacial score (nSPS) is 10.7. The summed E-state index contributed by atoms with van der Waals surface area (Å²) in [4.78, 5) is 0. The summed E-state index contributed by atoms with van der Waals surface area (Å²) in [6, 6.07) is 10.4. The van der Waals surface area contributed by atoms with Crippen LogP contribution in [0.5, 0.6) is 0 Å². The van der Waals surface area contributed by atoms with E-state index in [0.717, 1.165) is 30.5 Å². The van der Waals surface area contributed by atoms with Gasteiger partial charge in [0.25, 0.3) is 0 Å². The van der Waals surface area contributed by atoms with Crippen molar-refractivity contribution < 1.29 is 8.78 Å². The lowest BCUT2D eigenvalue weighted by molar-refractivity contribution is 0.589. The van der Waals surface area contributed by atoms with Gasteiger partial charge in [0, 0.05) is 0 Å². The number of rotatable bonds is 3. The summed E-state index contributed by atoms with van der Waals surface area (Å²) in [6.07, 6.45) is 1.79. The summed E-state index contributed by atoms with van der Waals surface area (Å²) < 4.78 is 27.4. The molecular weight excluding hydrogens is 230 g/mol. The highest BCUT2D eigenvalue weighted by Crippen LogP contribution is 2.28. The molecule has 0 heterocycles. The lowest BCUT2D eigenvalue weighted by atomic mass is 9.96. The van der Waals surface area contributed by atoms with E-state index < -0.39 is 11.6 Å². The fourth-order valence-corrected chi connectivity index (χ4v) is 2.18. The van der Waals surface area contributed by atoms with Gasteiger partial charge in [-0.05, 0) is 47.7 Å². The molecule has 2 heteroatoms. The Labute approximate surface area is 106 Å². The number of benzene rings is 2. The van der Waals surface area contributed by atoms with E-state index >= 15 is 0 Å². The number of hydrogen-bond acceptors (Lipinski definition) is 0. The van der Waals surface area contributed by atoms with Gasteiger partial charge in [0.05, 0.1) is 5.56 Å². The van der Waals surface area contributed by atoms with Gasteiger partial charge in [-0.15, -0.1) is 0 Å². The maximum Gasteiger partial charge on any atom is 0.134 e. The Morgan fingerprint density at radius 2 is 1.56 bits per heavy atom. The molecule has 2 rings (SSSR count). The van der Waals surface area contributed by atoms with Crippen molar-refractivity contribution in [1.82, 2.24) is 0 Å². The quantitative estimate of drug-likeness (QED) is 0.743. The Bertz CT molecular complexity index is 539. The van der Waals surface area contributed by atoms with Gasteiger partial charge in [-0.3, -0.25) is 0 Å². The molecule has 18 heavy (non-hydrogen) atoms. The van der Waals surface area contributed by atoms with Crippen molar-refractivity contribution in [2.75, 3.05) is 0 Å². The Morgan fingerprint density at radius 1 is 0.944 bits per heavy atom. The first kappa shape index (κ1) is 12.7. The van der Waals surface area contributed by atoms with Gasteiger partial charge in [0.2, 0.25) is 0 Å². The fourth-order valence-electron chi connectivity index (χ4n) is 2.18. The van der Waals surface area contributed by atoms with Crippen LogP contribution in [-0.4, -0.2) is 0 Å². The molecule has 1 radical (unpaired) electrons. The van der Waals surface area contributed by atoms with Gasteiger partial charge in [0.1, 0.15) is 11.6 Å². The van der Waals surface area contributed by atoms with E-state index in [4.69, 9.17) is 0 Å². The van der Waals surface area contributed by atoms with Crippen LogP contribution in [0, 0.1) is 17.7 Å². The van der Waals surface area contributed by atoms with Crippen molar-refractivity contribution in [3.05, 3.63) is 59.2 Å². The first-order valence-corrected chi connectivity index (χ1v) is 6.14. The molecule has 0 amide bonds. The fraction of sp³-hybridized carbons (Fsp3) is 0.250. The van der Waals surface area contributed by atoms with E-state index in [1.54, 1.807) is 6.07 Å². The van der Waals surface area contributed by atoms with Crippen molar-refractivity contribution in [3.8, 4) is 11.1 Å². The summed E-state index contributed by atoms with van der Waals surface area (Å²) in [5, 5.41) is 0. The molecule has 0 aliphatic rings. The van der Waals surface area contributed by atoms with E-state index in [1.165, 1.54) is 5.56 Å². The summed E-state index contributed by atoms with van der Waals surface area (Å²) in [5.74, 6) is -1.14. The monoisotopic (exact) mass is 245 g/mol. The van der Waals surface area contributed by atoms with Gasteiger partial charge in [-0.2, -0.15) is 0 Å². The van der Waals surface area contributed by atoms with Crippen LogP contribution >= 0.6 is 0 Å². The molecule has 0 spiro atoms. The third-order valence-electron chi connectivity index (χ3n) is 3.15. The highest BCUT2D eigenvalue weighted by atomic mass is 19.1. The molecule has 0 atom stereocenters. The van der Waals surface area contributed by atoms with Crippen LogP contribution in [0.2, 0.25) is 0 Å². The average molecular weight is 245 g/mol. The first-order valence-electron chi connectivity index (χ1n) is 6.14. The zero-order chi connectivity index (χ0) is 13.1. The molecule has 2 aromatic carbocycles. The van der Waals surface area contributed by atoms with Crippen LogP contribution in [0.25, 0.3) is 11.1 Å². The predicted octanol–water partition coefficient (Wildman–Crippen LogP) is 4.56. The van der Waals surface area contributed by atoms with E-state index in [1.807, 2.05) is 19.1 Å². The summed E-state index contributed by atoms with van der Waals surface area (Å²) >= 11 is 0. The lowest BCUT2D eigenvalue weighted by Gasteiger charge is -2.10. The van der Waals surface area contributed by atoms with Crippen LogP contribution in [0.1, 0.15) is 25.0 Å². The van der Waals surface area contributed by atoms with Gasteiger partial charge >= 0.3 is 0 Å². The van der Waals surface area contributed by atoms with E-state index in [2.05, 4.69) is 13.0 Å². The predicted molar refractivity (Wildman–Crippen MR) is 69.4 cm³/mol. The molecule has 0 bridgehead atoms. The first-order chi connectivity index (χ1) is 8.67. The molecule has 0 fully saturated rings. The molecule has 0 aliphatic carbocycles. The second kappa shape index (κ2) is 5.30. The molecular formula is C16H15F2. The molecule has 0 nitrogen and oxygen atoms in total. The standard InChI is InChI=1S/C16H15F2/c1-3-11-8-9-13(10-12(11)4-2)16-14(17)6-5-7-15(16)18/h6-10H,3-4H2,1-2H3. The third kappa shape index (κ3) is 2.28. The van der Waals surface area contributed by atoms with Gasteiger partial charge in [-0.25, -0.2) is 8.78 Å². The molecule has 0 aromatic heterocycles. The number of hydrogen-bond donors (Lipinski definition) is 0. The summed E-state index contributed by atoms with van der Waals surface area (Å²) in [7, 11) is 0. The second-order valence-corrected chi connectivity index (χ2v) is 4.22. The van der Waals surface area contributed by atoms with Crippen molar-refractivity contribution in [2.45, 2.75) is 26.7 Å². The molecule has 0 unspecified atom stereocenters. The smallest absolute Gasteiger partial charge is 0.134 e. The summed E-state index contributed by atoms with van der Waals surface area (Å²) in [5.41, 5.74) is 2.99. The van der Waals surface area contributed by atoms with Crippen LogP contribution in [0.4, 0.5) is 8.78 Å². The average Bonchev–Trinajstić information content (AvgIpc) is 2.38. The zero-order valence-corrected chi connectivity index (χ0v) is 10.6. The molecule has 2 aromatic rings. The van der Waals surface area contributed by atoms with Gasteiger partial charge in [0.15, 0.2) is 0 Å². The van der Waals surface area contributed by atoms with Crippen LogP contribution in [-0.2, 0) is 12.8 Å². The molecule has 0 aliphatic heterocycles. The van der Waals surface area contributed by atoms with Crippen LogP contribution in [0.3, 0.4) is 0 Å². The van der Waals surface area contributed by atoms with E-state index in [-0.39, 0.29) is 5.56 Å². The SMILES string of the molecule is CCc1ccc(-c2c(F)c[c]cc2F)cc1CC. The maximum atomic E-state index is 13.7. The minimum absolute atomic E-state index is 0.0334. The zero-order valence-electron chi connectivity index (χ0n) is 10.6. The molecule has 93 valence electrons. The third-order valence-corrected chi connectivity index (χ3v) is 3.15. The highest BCUT2D eigenvalue weighted by molar-refractivity contribution is 5.66. The molecule has 0 saturated carbocycles. The maximum absolute atomic E-state index is 13.7.